The lowest BCUT2D eigenvalue weighted by Crippen LogP contribution is -2.54. The van der Waals surface area contributed by atoms with E-state index in [-0.39, 0.29) is 24.8 Å². The van der Waals surface area contributed by atoms with E-state index in [2.05, 4.69) is 17.1 Å². The van der Waals surface area contributed by atoms with E-state index in [0.29, 0.717) is 23.7 Å². The van der Waals surface area contributed by atoms with E-state index in [4.69, 9.17) is 5.73 Å². The number of imide groups is 2. The maximum Gasteiger partial charge on any atom is 0.262 e. The molecule has 3 N–H and O–H groups in total. The van der Waals surface area contributed by atoms with Crippen molar-refractivity contribution in [2.75, 3.05) is 11.4 Å². The van der Waals surface area contributed by atoms with E-state index < -0.39 is 23.8 Å². The number of hydrogen-bond acceptors (Lipinski definition) is 6. The number of benzene rings is 1. The third-order valence-corrected chi connectivity index (χ3v) is 5.67. The molecule has 0 saturated carbocycles. The highest BCUT2D eigenvalue weighted by Gasteiger charge is 2.44. The molecule has 4 amide bonds. The number of amides is 4. The minimum atomic E-state index is -0.944. The summed E-state index contributed by atoms with van der Waals surface area (Å²) in [6.45, 7) is 2.81. The quantitative estimate of drug-likeness (QED) is 0.729. The van der Waals surface area contributed by atoms with Gasteiger partial charge in [-0.2, -0.15) is 0 Å². The van der Waals surface area contributed by atoms with E-state index in [9.17, 15) is 19.2 Å². The molecule has 2 fully saturated rings. The van der Waals surface area contributed by atoms with Crippen molar-refractivity contribution < 1.29 is 19.2 Å². The molecule has 3 aliphatic rings. The van der Waals surface area contributed by atoms with Gasteiger partial charge in [-0.15, -0.1) is 0 Å². The van der Waals surface area contributed by atoms with Crippen molar-refractivity contribution in [2.45, 2.75) is 50.7 Å². The first-order valence-corrected chi connectivity index (χ1v) is 9.24. The molecule has 0 radical (unpaired) electrons. The van der Waals surface area contributed by atoms with Crippen molar-refractivity contribution >= 4 is 29.3 Å². The van der Waals surface area contributed by atoms with Crippen LogP contribution in [0.2, 0.25) is 0 Å². The molecule has 2 saturated heterocycles. The molecule has 0 bridgehead atoms. The molecule has 8 nitrogen and oxygen atoms in total. The van der Waals surface area contributed by atoms with Gasteiger partial charge in [0.05, 0.1) is 11.1 Å². The van der Waals surface area contributed by atoms with Gasteiger partial charge in [-0.25, -0.2) is 0 Å². The number of carbonyl (C=O) groups is 4. The topological polar surface area (TPSA) is 113 Å². The van der Waals surface area contributed by atoms with Gasteiger partial charge in [-0.1, -0.05) is 0 Å². The molecule has 8 heteroatoms. The normalized spacial score (nSPS) is 28.4. The zero-order valence-electron chi connectivity index (χ0n) is 15.1. The third-order valence-electron chi connectivity index (χ3n) is 5.67. The first-order valence-electron chi connectivity index (χ1n) is 9.24. The monoisotopic (exact) mass is 370 g/mol. The molecule has 27 heavy (non-hydrogen) atoms. The molecule has 1 aromatic rings. The summed E-state index contributed by atoms with van der Waals surface area (Å²) in [6.07, 6.45) is 2.19. The first-order chi connectivity index (χ1) is 12.9. The molecule has 0 aliphatic carbocycles. The van der Waals surface area contributed by atoms with E-state index in [0.717, 1.165) is 23.4 Å². The van der Waals surface area contributed by atoms with E-state index in [1.54, 1.807) is 12.1 Å². The van der Waals surface area contributed by atoms with Gasteiger partial charge in [0.25, 0.3) is 11.8 Å². The van der Waals surface area contributed by atoms with Crippen molar-refractivity contribution in [2.24, 2.45) is 5.73 Å². The second-order valence-corrected chi connectivity index (χ2v) is 7.52. The van der Waals surface area contributed by atoms with Crippen LogP contribution in [0.1, 0.15) is 53.3 Å². The Hall–Kier alpha value is -2.74. The predicted molar refractivity (Wildman–Crippen MR) is 97.1 cm³/mol. The van der Waals surface area contributed by atoms with Gasteiger partial charge in [-0.05, 0) is 44.4 Å². The van der Waals surface area contributed by atoms with Crippen molar-refractivity contribution in [3.05, 3.63) is 29.3 Å². The van der Waals surface area contributed by atoms with E-state index >= 15 is 0 Å². The van der Waals surface area contributed by atoms with Crippen molar-refractivity contribution in [3.8, 4) is 0 Å². The molecular formula is C19H22N4O4. The van der Waals surface area contributed by atoms with E-state index in [1.807, 2.05) is 6.07 Å². The lowest BCUT2D eigenvalue weighted by Gasteiger charge is -2.38. The molecule has 3 heterocycles. The molecule has 142 valence electrons. The van der Waals surface area contributed by atoms with E-state index in [1.165, 1.54) is 0 Å². The zero-order chi connectivity index (χ0) is 19.3. The summed E-state index contributed by atoms with van der Waals surface area (Å²) in [6, 6.07) is 4.61. The summed E-state index contributed by atoms with van der Waals surface area (Å²) in [5.74, 6) is -1.96. The highest BCUT2D eigenvalue weighted by Crippen LogP contribution is 2.32. The molecule has 4 rings (SSSR count). The maximum absolute atomic E-state index is 12.9. The number of carbonyl (C=O) groups excluding carboxylic acids is 4. The van der Waals surface area contributed by atoms with Crippen molar-refractivity contribution in [1.82, 2.24) is 10.2 Å². The van der Waals surface area contributed by atoms with Crippen LogP contribution < -0.4 is 16.0 Å². The second-order valence-electron chi connectivity index (χ2n) is 7.52. The van der Waals surface area contributed by atoms with Crippen LogP contribution in [-0.2, 0) is 9.59 Å². The largest absolute Gasteiger partial charge is 0.367 e. The number of piperidine rings is 2. The lowest BCUT2D eigenvalue weighted by molar-refractivity contribution is -0.136. The van der Waals surface area contributed by atoms with Gasteiger partial charge < -0.3 is 10.6 Å². The van der Waals surface area contributed by atoms with Crippen molar-refractivity contribution in [3.63, 3.8) is 0 Å². The Morgan fingerprint density at radius 2 is 1.78 bits per heavy atom. The van der Waals surface area contributed by atoms with Crippen LogP contribution in [0.3, 0.4) is 0 Å². The molecule has 3 aliphatic heterocycles. The van der Waals surface area contributed by atoms with Gasteiger partial charge in [0.15, 0.2) is 0 Å². The maximum atomic E-state index is 12.9. The fourth-order valence-electron chi connectivity index (χ4n) is 4.13. The highest BCUT2D eigenvalue weighted by molar-refractivity contribution is 6.23. The fourth-order valence-corrected chi connectivity index (χ4v) is 4.13. The van der Waals surface area contributed by atoms with Crippen LogP contribution in [0, 0.1) is 0 Å². The Labute approximate surface area is 156 Å². The summed E-state index contributed by atoms with van der Waals surface area (Å²) < 4.78 is 0. The Morgan fingerprint density at radius 3 is 2.52 bits per heavy atom. The van der Waals surface area contributed by atoms with Gasteiger partial charge in [0.1, 0.15) is 6.04 Å². The molecule has 0 aromatic heterocycles. The summed E-state index contributed by atoms with van der Waals surface area (Å²) in [5, 5.41) is 2.20. The average Bonchev–Trinajstić information content (AvgIpc) is 2.88. The lowest BCUT2D eigenvalue weighted by atomic mass is 9.98. The molecule has 3 unspecified atom stereocenters. The number of hydrogen-bond donors (Lipinski definition) is 2. The number of rotatable bonds is 2. The Kier molecular flexibility index (Phi) is 4.22. The predicted octanol–water partition coefficient (Wildman–Crippen LogP) is 0.404. The Balaban J connectivity index is 1.64. The number of nitrogens with two attached hydrogens (primary N) is 1. The summed E-state index contributed by atoms with van der Waals surface area (Å²) in [5.41, 5.74) is 7.53. The molecule has 0 spiro atoms. The fraction of sp³-hybridized carbons (Fsp3) is 0.474. The van der Waals surface area contributed by atoms with Gasteiger partial charge >= 0.3 is 0 Å². The van der Waals surface area contributed by atoms with Crippen LogP contribution in [-0.4, -0.2) is 53.2 Å². The van der Waals surface area contributed by atoms with Crippen LogP contribution in [0.5, 0.6) is 0 Å². The Morgan fingerprint density at radius 1 is 1.04 bits per heavy atom. The second kappa shape index (κ2) is 6.45. The number of anilines is 1. The third kappa shape index (κ3) is 2.90. The highest BCUT2D eigenvalue weighted by atomic mass is 16.2. The van der Waals surface area contributed by atoms with Crippen LogP contribution in [0.4, 0.5) is 5.69 Å². The van der Waals surface area contributed by atoms with Crippen LogP contribution >= 0.6 is 0 Å². The molecule has 3 atom stereocenters. The van der Waals surface area contributed by atoms with Gasteiger partial charge in [-0.3, -0.25) is 29.4 Å². The van der Waals surface area contributed by atoms with Gasteiger partial charge in [0.2, 0.25) is 11.8 Å². The molecule has 1 aromatic carbocycles. The molecular weight excluding hydrogens is 348 g/mol. The van der Waals surface area contributed by atoms with Gasteiger partial charge in [0, 0.05) is 30.7 Å². The van der Waals surface area contributed by atoms with Crippen LogP contribution in [0.25, 0.3) is 0 Å². The summed E-state index contributed by atoms with van der Waals surface area (Å²) in [7, 11) is 0. The summed E-state index contributed by atoms with van der Waals surface area (Å²) in [4.78, 5) is 52.3. The summed E-state index contributed by atoms with van der Waals surface area (Å²) >= 11 is 0. The number of nitrogens with one attached hydrogen (secondary N) is 1. The SMILES string of the molecule is CC1CCC(N)CN1c1ccc2c(c1)C(=O)N(C1CCC(=O)NC1=O)C2=O. The zero-order valence-corrected chi connectivity index (χ0v) is 15.1. The smallest absolute Gasteiger partial charge is 0.262 e. The average molecular weight is 370 g/mol. The Bertz CT molecular complexity index is 852. The van der Waals surface area contributed by atoms with Crippen LogP contribution in [0.15, 0.2) is 18.2 Å². The first kappa shape index (κ1) is 17.7. The minimum Gasteiger partial charge on any atom is -0.367 e. The standard InChI is InChI=1S/C19H22N4O4/c1-10-2-3-11(20)9-22(10)12-4-5-13-14(8-12)19(27)23(18(13)26)15-6-7-16(24)21-17(15)25/h4-5,8,10-11,15H,2-3,6-7,9,20H2,1H3,(H,21,24,25). The number of nitrogens with zero attached hydrogens (tertiary/aromatic N) is 2. The van der Waals surface area contributed by atoms with Crippen molar-refractivity contribution in [1.29, 1.82) is 0 Å². The number of fused-ring (bicyclic) bond motifs is 1. The minimum absolute atomic E-state index is 0.0757.